The molecule has 6 heteroatoms. The van der Waals surface area contributed by atoms with Crippen LogP contribution in [0.25, 0.3) is 0 Å². The van der Waals surface area contributed by atoms with Crippen molar-refractivity contribution in [2.45, 2.75) is 71.4 Å². The van der Waals surface area contributed by atoms with E-state index in [1.807, 2.05) is 6.92 Å². The fourth-order valence-corrected chi connectivity index (χ4v) is 4.46. The number of hydrogen-bond acceptors (Lipinski definition) is 6. The van der Waals surface area contributed by atoms with Gasteiger partial charge < -0.3 is 15.0 Å². The number of nitriles is 1. The SMILES string of the molecule is CCOC(=O)c1cc(C#N)c(C)nc1N1CCC(NC2CCCCC2)C(C)C1. The number of carbonyl (C=O) groups is 1. The third kappa shape index (κ3) is 4.64. The highest BCUT2D eigenvalue weighted by Crippen LogP contribution is 2.28. The predicted molar refractivity (Wildman–Crippen MR) is 109 cm³/mol. The van der Waals surface area contributed by atoms with Crippen molar-refractivity contribution in [2.24, 2.45) is 5.92 Å². The largest absolute Gasteiger partial charge is 0.462 e. The van der Waals surface area contributed by atoms with E-state index in [2.05, 4.69) is 28.2 Å². The lowest BCUT2D eigenvalue weighted by Gasteiger charge is -2.40. The molecule has 28 heavy (non-hydrogen) atoms. The van der Waals surface area contributed by atoms with Gasteiger partial charge in [-0.1, -0.05) is 26.2 Å². The Morgan fingerprint density at radius 3 is 2.75 bits per heavy atom. The van der Waals surface area contributed by atoms with Crippen molar-refractivity contribution < 1.29 is 9.53 Å². The van der Waals surface area contributed by atoms with E-state index in [0.29, 0.717) is 47.2 Å². The molecule has 1 aromatic heterocycles. The molecule has 1 aromatic rings. The highest BCUT2D eigenvalue weighted by atomic mass is 16.5. The summed E-state index contributed by atoms with van der Waals surface area (Å²) in [6, 6.07) is 4.91. The lowest BCUT2D eigenvalue weighted by Crippen LogP contribution is -2.52. The van der Waals surface area contributed by atoms with Gasteiger partial charge in [-0.25, -0.2) is 9.78 Å². The monoisotopic (exact) mass is 384 g/mol. The Kier molecular flexibility index (Phi) is 6.90. The van der Waals surface area contributed by atoms with E-state index < -0.39 is 5.97 Å². The van der Waals surface area contributed by atoms with Crippen molar-refractivity contribution in [3.8, 4) is 6.07 Å². The van der Waals surface area contributed by atoms with Gasteiger partial charge in [0.25, 0.3) is 0 Å². The van der Waals surface area contributed by atoms with Crippen LogP contribution in [0.3, 0.4) is 0 Å². The van der Waals surface area contributed by atoms with E-state index in [1.54, 1.807) is 13.0 Å². The number of aryl methyl sites for hydroxylation is 1. The summed E-state index contributed by atoms with van der Waals surface area (Å²) in [5.41, 5.74) is 1.48. The Balaban J connectivity index is 1.75. The molecule has 1 N–H and O–H groups in total. The van der Waals surface area contributed by atoms with Crippen molar-refractivity contribution in [1.29, 1.82) is 5.26 Å². The van der Waals surface area contributed by atoms with Crippen LogP contribution in [0.1, 0.15) is 74.0 Å². The second-order valence-corrected chi connectivity index (χ2v) is 8.14. The quantitative estimate of drug-likeness (QED) is 0.782. The first-order valence-electron chi connectivity index (χ1n) is 10.6. The summed E-state index contributed by atoms with van der Waals surface area (Å²) in [6.45, 7) is 7.87. The van der Waals surface area contributed by atoms with Crippen molar-refractivity contribution in [2.75, 3.05) is 24.6 Å². The van der Waals surface area contributed by atoms with Crippen molar-refractivity contribution >= 4 is 11.8 Å². The molecular formula is C22H32N4O2. The summed E-state index contributed by atoms with van der Waals surface area (Å²) >= 11 is 0. The van der Waals surface area contributed by atoms with Gasteiger partial charge in [-0.15, -0.1) is 0 Å². The van der Waals surface area contributed by atoms with Gasteiger partial charge in [-0.2, -0.15) is 5.26 Å². The zero-order chi connectivity index (χ0) is 20.1. The fraction of sp³-hybridized carbons (Fsp3) is 0.682. The molecule has 2 atom stereocenters. The number of aromatic nitrogens is 1. The van der Waals surface area contributed by atoms with E-state index in [1.165, 1.54) is 32.1 Å². The van der Waals surface area contributed by atoms with Gasteiger partial charge in [0.2, 0.25) is 0 Å². The summed E-state index contributed by atoms with van der Waals surface area (Å²) in [5, 5.41) is 13.2. The fourth-order valence-electron chi connectivity index (χ4n) is 4.46. The second-order valence-electron chi connectivity index (χ2n) is 8.14. The van der Waals surface area contributed by atoms with E-state index in [4.69, 9.17) is 4.74 Å². The van der Waals surface area contributed by atoms with Crippen LogP contribution in [0.4, 0.5) is 5.82 Å². The molecular weight excluding hydrogens is 352 g/mol. The third-order valence-corrected chi connectivity index (χ3v) is 6.07. The predicted octanol–water partition coefficient (Wildman–Crippen LogP) is 3.58. The number of nitrogens with zero attached hydrogens (tertiary/aromatic N) is 3. The Morgan fingerprint density at radius 2 is 2.11 bits per heavy atom. The molecule has 152 valence electrons. The lowest BCUT2D eigenvalue weighted by molar-refractivity contribution is 0.0526. The second kappa shape index (κ2) is 9.38. The first-order valence-corrected chi connectivity index (χ1v) is 10.6. The zero-order valence-electron chi connectivity index (χ0n) is 17.3. The number of hydrogen-bond donors (Lipinski definition) is 1. The third-order valence-electron chi connectivity index (χ3n) is 6.07. The number of rotatable bonds is 5. The minimum absolute atomic E-state index is 0.303. The Labute approximate surface area is 168 Å². The van der Waals surface area contributed by atoms with Crippen LogP contribution in [-0.4, -0.2) is 42.7 Å². The number of pyridine rings is 1. The van der Waals surface area contributed by atoms with E-state index in [0.717, 1.165) is 19.5 Å². The average molecular weight is 385 g/mol. The van der Waals surface area contributed by atoms with Crippen LogP contribution in [-0.2, 0) is 4.74 Å². The Bertz CT molecular complexity index is 737. The van der Waals surface area contributed by atoms with E-state index in [-0.39, 0.29) is 0 Å². The smallest absolute Gasteiger partial charge is 0.341 e. The number of nitrogens with one attached hydrogen (secondary N) is 1. The molecule has 2 aliphatic rings. The lowest BCUT2D eigenvalue weighted by atomic mass is 9.89. The number of piperidine rings is 1. The number of ether oxygens (including phenoxy) is 1. The molecule has 1 aliphatic carbocycles. The molecule has 0 spiro atoms. The van der Waals surface area contributed by atoms with Crippen molar-refractivity contribution in [3.63, 3.8) is 0 Å². The average Bonchev–Trinajstić information content (AvgIpc) is 2.70. The standard InChI is InChI=1S/C22H32N4O2/c1-4-28-22(27)19-12-17(13-23)16(3)24-21(19)26-11-10-20(15(2)14-26)25-18-8-6-5-7-9-18/h12,15,18,20,25H,4-11,14H2,1-3H3. The maximum absolute atomic E-state index is 12.5. The van der Waals surface area contributed by atoms with E-state index in [9.17, 15) is 10.1 Å². The Morgan fingerprint density at radius 1 is 1.36 bits per heavy atom. The molecule has 1 saturated carbocycles. The molecule has 2 unspecified atom stereocenters. The molecule has 6 nitrogen and oxygen atoms in total. The van der Waals surface area contributed by atoms with Gasteiger partial charge >= 0.3 is 5.97 Å². The Hall–Kier alpha value is -2.13. The molecule has 0 bridgehead atoms. The first kappa shape index (κ1) is 20.6. The van der Waals surface area contributed by atoms with Gasteiger partial charge in [0, 0.05) is 25.2 Å². The molecule has 2 fully saturated rings. The van der Waals surface area contributed by atoms with Crippen LogP contribution in [0, 0.1) is 24.2 Å². The number of carbonyl (C=O) groups excluding carboxylic acids is 1. The minimum Gasteiger partial charge on any atom is -0.462 e. The van der Waals surface area contributed by atoms with Gasteiger partial charge in [0.1, 0.15) is 17.5 Å². The summed E-state index contributed by atoms with van der Waals surface area (Å²) in [7, 11) is 0. The molecule has 0 amide bonds. The highest BCUT2D eigenvalue weighted by Gasteiger charge is 2.31. The first-order chi connectivity index (χ1) is 13.5. The maximum atomic E-state index is 12.5. The maximum Gasteiger partial charge on any atom is 0.341 e. The van der Waals surface area contributed by atoms with Crippen molar-refractivity contribution in [1.82, 2.24) is 10.3 Å². The van der Waals surface area contributed by atoms with Crippen molar-refractivity contribution in [3.05, 3.63) is 22.9 Å². The minimum atomic E-state index is -0.406. The van der Waals surface area contributed by atoms with Crippen LogP contribution < -0.4 is 10.2 Å². The highest BCUT2D eigenvalue weighted by molar-refractivity contribution is 5.95. The van der Waals surface area contributed by atoms with Crippen LogP contribution in [0.15, 0.2) is 6.07 Å². The van der Waals surface area contributed by atoms with Crippen LogP contribution in [0.2, 0.25) is 0 Å². The molecule has 3 rings (SSSR count). The molecule has 2 heterocycles. The van der Waals surface area contributed by atoms with Crippen LogP contribution in [0.5, 0.6) is 0 Å². The number of anilines is 1. The number of esters is 1. The van der Waals surface area contributed by atoms with E-state index >= 15 is 0 Å². The summed E-state index contributed by atoms with van der Waals surface area (Å²) in [6.07, 6.45) is 7.64. The summed E-state index contributed by atoms with van der Waals surface area (Å²) < 4.78 is 5.22. The summed E-state index contributed by atoms with van der Waals surface area (Å²) in [4.78, 5) is 19.3. The molecule has 0 aromatic carbocycles. The van der Waals surface area contributed by atoms with Gasteiger partial charge in [0.15, 0.2) is 0 Å². The van der Waals surface area contributed by atoms with Gasteiger partial charge in [0.05, 0.1) is 17.9 Å². The topological polar surface area (TPSA) is 78.2 Å². The van der Waals surface area contributed by atoms with Crippen LogP contribution >= 0.6 is 0 Å². The molecule has 1 aliphatic heterocycles. The molecule has 0 radical (unpaired) electrons. The van der Waals surface area contributed by atoms with Gasteiger partial charge in [-0.3, -0.25) is 0 Å². The summed E-state index contributed by atoms with van der Waals surface area (Å²) in [5.74, 6) is 0.706. The normalized spacial score (nSPS) is 23.3. The zero-order valence-corrected chi connectivity index (χ0v) is 17.3. The van der Waals surface area contributed by atoms with Gasteiger partial charge in [-0.05, 0) is 45.1 Å². The molecule has 1 saturated heterocycles.